The fraction of sp³-hybridized carbons (Fsp3) is 0.556. The first-order valence-electron chi connectivity index (χ1n) is 12.8. The average Bonchev–Trinajstić information content (AvgIpc) is 2.88. The number of hydrogen-bond acceptors (Lipinski definition) is 9. The summed E-state index contributed by atoms with van der Waals surface area (Å²) >= 11 is 0. The van der Waals surface area contributed by atoms with E-state index in [9.17, 15) is 19.7 Å². The second-order valence-electron chi connectivity index (χ2n) is 8.59. The van der Waals surface area contributed by atoms with Gasteiger partial charge in [-0.3, -0.25) is 10.1 Å². The summed E-state index contributed by atoms with van der Waals surface area (Å²) < 4.78 is 21.8. The third-order valence-electron chi connectivity index (χ3n) is 5.62. The van der Waals surface area contributed by atoms with Crippen LogP contribution in [0.5, 0.6) is 0 Å². The molecule has 10 heteroatoms. The lowest BCUT2D eigenvalue weighted by Gasteiger charge is -2.31. The summed E-state index contributed by atoms with van der Waals surface area (Å²) in [6.07, 6.45) is 2.93. The molecule has 2 rings (SSSR count). The van der Waals surface area contributed by atoms with E-state index in [2.05, 4.69) is 5.32 Å². The van der Waals surface area contributed by atoms with Crippen LogP contribution in [-0.4, -0.2) is 56.5 Å². The molecule has 1 aliphatic rings. The standard InChI is InChI=1S/C27H38N2O8/c1-5-9-22-25(27(31)37-17-15-35-13-7-3)24(20-10-8-11-21(18-20)29(32)33)23(19(4)28-22)26(30)36-16-14-34-12-6-2/h8,10-11,18,24,28H,5-7,9,12-17H2,1-4H3. The molecule has 1 atom stereocenters. The summed E-state index contributed by atoms with van der Waals surface area (Å²) in [5, 5.41) is 14.7. The molecular weight excluding hydrogens is 480 g/mol. The van der Waals surface area contributed by atoms with Crippen LogP contribution in [0.1, 0.15) is 64.9 Å². The summed E-state index contributed by atoms with van der Waals surface area (Å²) in [6.45, 7) is 9.33. The van der Waals surface area contributed by atoms with Gasteiger partial charge in [-0.25, -0.2) is 9.59 Å². The molecule has 0 saturated carbocycles. The maximum atomic E-state index is 13.4. The molecule has 0 spiro atoms. The van der Waals surface area contributed by atoms with Gasteiger partial charge in [0, 0.05) is 36.7 Å². The molecule has 10 nitrogen and oxygen atoms in total. The Hall–Kier alpha value is -3.24. The predicted octanol–water partition coefficient (Wildman–Crippen LogP) is 4.55. The Morgan fingerprint density at radius 2 is 1.49 bits per heavy atom. The molecule has 37 heavy (non-hydrogen) atoms. The number of nitro benzene ring substituents is 1. The van der Waals surface area contributed by atoms with Gasteiger partial charge in [-0.05, 0) is 31.7 Å². The van der Waals surface area contributed by atoms with Crippen molar-refractivity contribution in [2.45, 2.75) is 59.3 Å². The van der Waals surface area contributed by atoms with Crippen molar-refractivity contribution in [1.82, 2.24) is 5.32 Å². The summed E-state index contributed by atoms with van der Waals surface area (Å²) in [7, 11) is 0. The molecule has 204 valence electrons. The largest absolute Gasteiger partial charge is 0.460 e. The zero-order valence-corrected chi connectivity index (χ0v) is 22.2. The smallest absolute Gasteiger partial charge is 0.336 e. The van der Waals surface area contributed by atoms with Crippen LogP contribution in [0, 0.1) is 10.1 Å². The van der Waals surface area contributed by atoms with Gasteiger partial charge >= 0.3 is 11.9 Å². The van der Waals surface area contributed by atoms with Gasteiger partial charge < -0.3 is 24.3 Å². The fourth-order valence-electron chi connectivity index (χ4n) is 4.04. The van der Waals surface area contributed by atoms with Crippen molar-refractivity contribution in [2.24, 2.45) is 0 Å². The molecule has 0 aliphatic carbocycles. The summed E-state index contributed by atoms with van der Waals surface area (Å²) in [5.74, 6) is -2.15. The van der Waals surface area contributed by atoms with Crippen molar-refractivity contribution in [3.05, 3.63) is 62.5 Å². The number of rotatable bonds is 16. The highest BCUT2D eigenvalue weighted by Gasteiger charge is 2.39. The number of nitrogens with one attached hydrogen (secondary N) is 1. The molecule has 1 N–H and O–H groups in total. The number of allylic oxidation sites excluding steroid dienone is 2. The first-order chi connectivity index (χ1) is 17.8. The van der Waals surface area contributed by atoms with Gasteiger partial charge in [0.2, 0.25) is 0 Å². The number of benzene rings is 1. The van der Waals surface area contributed by atoms with E-state index in [1.807, 2.05) is 20.8 Å². The minimum atomic E-state index is -0.907. The number of dihydropyridines is 1. The number of carbonyl (C=O) groups is 2. The van der Waals surface area contributed by atoms with Gasteiger partial charge in [0.05, 0.1) is 35.2 Å². The lowest BCUT2D eigenvalue weighted by atomic mass is 9.79. The first kappa shape index (κ1) is 30.0. The van der Waals surface area contributed by atoms with E-state index in [4.69, 9.17) is 18.9 Å². The normalized spacial score (nSPS) is 15.4. The van der Waals surface area contributed by atoms with Crippen LogP contribution in [0.3, 0.4) is 0 Å². The van der Waals surface area contributed by atoms with Gasteiger partial charge in [0.15, 0.2) is 0 Å². The highest BCUT2D eigenvalue weighted by atomic mass is 16.6. The summed E-state index contributed by atoms with van der Waals surface area (Å²) in [5.41, 5.74) is 1.84. The van der Waals surface area contributed by atoms with E-state index >= 15 is 0 Å². The van der Waals surface area contributed by atoms with Gasteiger partial charge in [-0.2, -0.15) is 0 Å². The lowest BCUT2D eigenvalue weighted by molar-refractivity contribution is -0.384. The van der Waals surface area contributed by atoms with Crippen molar-refractivity contribution >= 4 is 17.6 Å². The Kier molecular flexibility index (Phi) is 12.8. The molecule has 1 aliphatic heterocycles. The minimum Gasteiger partial charge on any atom is -0.460 e. The lowest BCUT2D eigenvalue weighted by Crippen LogP contribution is -2.34. The second kappa shape index (κ2) is 15.8. The molecule has 1 aromatic rings. The molecule has 0 bridgehead atoms. The van der Waals surface area contributed by atoms with Crippen LogP contribution in [0.4, 0.5) is 5.69 Å². The number of ether oxygens (including phenoxy) is 4. The van der Waals surface area contributed by atoms with Gasteiger partial charge in [-0.15, -0.1) is 0 Å². The highest BCUT2D eigenvalue weighted by Crippen LogP contribution is 2.41. The van der Waals surface area contributed by atoms with Crippen LogP contribution in [0.15, 0.2) is 46.8 Å². The maximum Gasteiger partial charge on any atom is 0.336 e. The zero-order valence-electron chi connectivity index (χ0n) is 22.2. The van der Waals surface area contributed by atoms with Crippen molar-refractivity contribution in [3.63, 3.8) is 0 Å². The van der Waals surface area contributed by atoms with E-state index in [1.165, 1.54) is 18.2 Å². The molecule has 0 aromatic heterocycles. The van der Waals surface area contributed by atoms with E-state index in [0.717, 1.165) is 19.3 Å². The molecular formula is C27H38N2O8. The van der Waals surface area contributed by atoms with Crippen molar-refractivity contribution in [3.8, 4) is 0 Å². The van der Waals surface area contributed by atoms with Crippen LogP contribution >= 0.6 is 0 Å². The van der Waals surface area contributed by atoms with Crippen LogP contribution in [0.25, 0.3) is 0 Å². The number of esters is 2. The van der Waals surface area contributed by atoms with E-state index in [0.29, 0.717) is 36.6 Å². The average molecular weight is 519 g/mol. The minimum absolute atomic E-state index is 0.0390. The van der Waals surface area contributed by atoms with Gasteiger partial charge in [-0.1, -0.05) is 39.3 Å². The number of non-ortho nitro benzene ring substituents is 1. The van der Waals surface area contributed by atoms with Crippen molar-refractivity contribution in [1.29, 1.82) is 0 Å². The molecule has 0 amide bonds. The third kappa shape index (κ3) is 8.68. The Balaban J connectivity index is 2.47. The van der Waals surface area contributed by atoms with Gasteiger partial charge in [0.1, 0.15) is 13.2 Å². The van der Waals surface area contributed by atoms with Crippen LogP contribution in [0.2, 0.25) is 0 Å². The van der Waals surface area contributed by atoms with Crippen LogP contribution < -0.4 is 5.32 Å². The summed E-state index contributed by atoms with van der Waals surface area (Å²) in [6, 6.07) is 5.94. The number of nitrogens with zero attached hydrogens (tertiary/aromatic N) is 1. The number of nitro groups is 1. The predicted molar refractivity (Wildman–Crippen MR) is 138 cm³/mol. The Morgan fingerprint density at radius 1 is 0.892 bits per heavy atom. The summed E-state index contributed by atoms with van der Waals surface area (Å²) in [4.78, 5) is 37.7. The van der Waals surface area contributed by atoms with E-state index in [-0.39, 0.29) is 43.3 Å². The Morgan fingerprint density at radius 3 is 2.03 bits per heavy atom. The van der Waals surface area contributed by atoms with Crippen LogP contribution in [-0.2, 0) is 28.5 Å². The van der Waals surface area contributed by atoms with Gasteiger partial charge in [0.25, 0.3) is 5.69 Å². The molecule has 0 saturated heterocycles. The molecule has 0 fully saturated rings. The Bertz CT molecular complexity index is 1000. The Labute approximate surface area is 218 Å². The molecule has 1 aromatic carbocycles. The van der Waals surface area contributed by atoms with E-state index < -0.39 is 22.8 Å². The highest BCUT2D eigenvalue weighted by molar-refractivity contribution is 6.00. The quantitative estimate of drug-likeness (QED) is 0.145. The number of carbonyl (C=O) groups excluding carboxylic acids is 2. The van der Waals surface area contributed by atoms with Crippen molar-refractivity contribution < 1.29 is 33.5 Å². The third-order valence-corrected chi connectivity index (χ3v) is 5.62. The second-order valence-corrected chi connectivity index (χ2v) is 8.59. The molecule has 0 radical (unpaired) electrons. The van der Waals surface area contributed by atoms with E-state index in [1.54, 1.807) is 13.0 Å². The topological polar surface area (TPSA) is 126 Å². The first-order valence-corrected chi connectivity index (χ1v) is 12.8. The number of hydrogen-bond donors (Lipinski definition) is 1. The molecule has 1 unspecified atom stereocenters. The zero-order chi connectivity index (χ0) is 27.2. The fourth-order valence-corrected chi connectivity index (χ4v) is 4.04. The SMILES string of the molecule is CCCOCCOC(=O)C1=C(C)NC(CCC)=C(C(=O)OCCOCCC)C1c1cccc([N+](=O)[O-])c1. The van der Waals surface area contributed by atoms with Crippen molar-refractivity contribution in [2.75, 3.05) is 39.6 Å². The maximum absolute atomic E-state index is 13.4. The molecule has 1 heterocycles. The monoisotopic (exact) mass is 518 g/mol.